The number of rotatable bonds is 4. The molecular weight excluding hydrogens is 184 g/mol. The second-order valence-electron chi connectivity index (χ2n) is 3.68. The molecule has 6 heteroatoms. The smallest absolute Gasteiger partial charge is 0.242 e. The lowest BCUT2D eigenvalue weighted by molar-refractivity contribution is -0.123. The molecule has 0 aromatic carbocycles. The van der Waals surface area contributed by atoms with Gasteiger partial charge in [0.05, 0.1) is 12.1 Å². The lowest BCUT2D eigenvalue weighted by Gasteiger charge is -2.23. The third-order valence-corrected chi connectivity index (χ3v) is 1.65. The Morgan fingerprint density at radius 2 is 2.36 bits per heavy atom. The van der Waals surface area contributed by atoms with Crippen LogP contribution in [0.3, 0.4) is 0 Å². The highest BCUT2D eigenvalue weighted by Gasteiger charge is 2.18. The van der Waals surface area contributed by atoms with E-state index in [-0.39, 0.29) is 19.1 Å². The number of aliphatic hydroxyl groups is 1. The van der Waals surface area contributed by atoms with Crippen LogP contribution in [0.15, 0.2) is 12.7 Å². The van der Waals surface area contributed by atoms with Crippen LogP contribution in [-0.2, 0) is 11.3 Å². The van der Waals surface area contributed by atoms with Gasteiger partial charge in [-0.25, -0.2) is 9.67 Å². The summed E-state index contributed by atoms with van der Waals surface area (Å²) in [6.07, 6.45) is 2.83. The van der Waals surface area contributed by atoms with Crippen LogP contribution in [-0.4, -0.2) is 37.9 Å². The minimum Gasteiger partial charge on any atom is -0.394 e. The van der Waals surface area contributed by atoms with Crippen molar-refractivity contribution in [1.29, 1.82) is 0 Å². The normalized spacial score (nSPS) is 11.4. The number of nitrogens with one attached hydrogen (secondary N) is 1. The molecule has 1 heterocycles. The van der Waals surface area contributed by atoms with E-state index in [9.17, 15) is 4.79 Å². The maximum Gasteiger partial charge on any atom is 0.242 e. The number of carbonyl (C=O) groups excluding carboxylic acids is 1. The molecule has 1 aromatic rings. The van der Waals surface area contributed by atoms with E-state index in [1.54, 1.807) is 13.8 Å². The van der Waals surface area contributed by atoms with Gasteiger partial charge in [-0.2, -0.15) is 5.10 Å². The quantitative estimate of drug-likeness (QED) is 0.661. The van der Waals surface area contributed by atoms with E-state index < -0.39 is 5.54 Å². The van der Waals surface area contributed by atoms with Crippen molar-refractivity contribution >= 4 is 5.91 Å². The number of aromatic nitrogens is 3. The van der Waals surface area contributed by atoms with Crippen molar-refractivity contribution in [3.8, 4) is 0 Å². The molecule has 2 N–H and O–H groups in total. The SMILES string of the molecule is CC(C)(CO)NC(=O)Cn1cncn1. The Hall–Kier alpha value is -1.43. The van der Waals surface area contributed by atoms with E-state index in [2.05, 4.69) is 15.4 Å². The van der Waals surface area contributed by atoms with Gasteiger partial charge in [-0.1, -0.05) is 0 Å². The van der Waals surface area contributed by atoms with Crippen LogP contribution in [0.5, 0.6) is 0 Å². The van der Waals surface area contributed by atoms with Gasteiger partial charge >= 0.3 is 0 Å². The predicted octanol–water partition coefficient (Wildman–Crippen LogP) is -0.835. The Labute approximate surface area is 82.0 Å². The van der Waals surface area contributed by atoms with E-state index >= 15 is 0 Å². The first-order chi connectivity index (χ1) is 6.53. The molecule has 0 unspecified atom stereocenters. The summed E-state index contributed by atoms with van der Waals surface area (Å²) in [4.78, 5) is 15.1. The molecule has 0 bridgehead atoms. The molecule has 0 aliphatic rings. The molecule has 6 nitrogen and oxygen atoms in total. The van der Waals surface area contributed by atoms with Crippen molar-refractivity contribution in [3.63, 3.8) is 0 Å². The molecule has 0 saturated carbocycles. The van der Waals surface area contributed by atoms with E-state index in [1.807, 2.05) is 0 Å². The van der Waals surface area contributed by atoms with Gasteiger partial charge in [-0.15, -0.1) is 0 Å². The third-order valence-electron chi connectivity index (χ3n) is 1.65. The molecular formula is C8H14N4O2. The van der Waals surface area contributed by atoms with E-state index in [1.165, 1.54) is 17.3 Å². The van der Waals surface area contributed by atoms with Crippen LogP contribution in [0.2, 0.25) is 0 Å². The molecule has 0 radical (unpaired) electrons. The summed E-state index contributed by atoms with van der Waals surface area (Å²) >= 11 is 0. The van der Waals surface area contributed by atoms with Crippen LogP contribution in [0.25, 0.3) is 0 Å². The van der Waals surface area contributed by atoms with Crippen molar-refractivity contribution in [2.24, 2.45) is 0 Å². The zero-order valence-electron chi connectivity index (χ0n) is 8.27. The summed E-state index contributed by atoms with van der Waals surface area (Å²) in [6.45, 7) is 3.50. The molecule has 0 spiro atoms. The number of amides is 1. The second kappa shape index (κ2) is 4.19. The van der Waals surface area contributed by atoms with Gasteiger partial charge in [0, 0.05) is 0 Å². The highest BCUT2D eigenvalue weighted by atomic mass is 16.3. The van der Waals surface area contributed by atoms with Crippen LogP contribution in [0.4, 0.5) is 0 Å². The van der Waals surface area contributed by atoms with Crippen LogP contribution in [0, 0.1) is 0 Å². The molecule has 1 aromatic heterocycles. The number of nitrogens with zero attached hydrogens (tertiary/aromatic N) is 3. The number of hydrogen-bond acceptors (Lipinski definition) is 4. The zero-order valence-corrected chi connectivity index (χ0v) is 8.27. The van der Waals surface area contributed by atoms with Crippen molar-refractivity contribution in [1.82, 2.24) is 20.1 Å². The summed E-state index contributed by atoms with van der Waals surface area (Å²) in [6, 6.07) is 0. The molecule has 0 aliphatic heterocycles. The minimum absolute atomic E-state index is 0.101. The Morgan fingerprint density at radius 3 is 2.86 bits per heavy atom. The monoisotopic (exact) mass is 198 g/mol. The fraction of sp³-hybridized carbons (Fsp3) is 0.625. The van der Waals surface area contributed by atoms with Gasteiger partial charge in [-0.05, 0) is 13.8 Å². The molecule has 78 valence electrons. The molecule has 0 fully saturated rings. The van der Waals surface area contributed by atoms with E-state index in [4.69, 9.17) is 5.11 Å². The van der Waals surface area contributed by atoms with Crippen LogP contribution in [0.1, 0.15) is 13.8 Å². The Balaban J connectivity index is 2.44. The van der Waals surface area contributed by atoms with Gasteiger partial charge in [0.2, 0.25) is 5.91 Å². The Morgan fingerprint density at radius 1 is 1.64 bits per heavy atom. The summed E-state index contributed by atoms with van der Waals surface area (Å²) in [5.41, 5.74) is -0.600. The Bertz CT molecular complexity index is 294. The van der Waals surface area contributed by atoms with Crippen LogP contribution >= 0.6 is 0 Å². The van der Waals surface area contributed by atoms with Gasteiger partial charge in [0.15, 0.2) is 0 Å². The highest BCUT2D eigenvalue weighted by molar-refractivity contribution is 5.76. The van der Waals surface area contributed by atoms with Crippen molar-refractivity contribution in [2.75, 3.05) is 6.61 Å². The van der Waals surface area contributed by atoms with Crippen LogP contribution < -0.4 is 5.32 Å². The van der Waals surface area contributed by atoms with Gasteiger partial charge in [0.1, 0.15) is 19.2 Å². The first-order valence-electron chi connectivity index (χ1n) is 4.28. The highest BCUT2D eigenvalue weighted by Crippen LogP contribution is 1.99. The van der Waals surface area contributed by atoms with Crippen molar-refractivity contribution in [2.45, 2.75) is 25.9 Å². The molecule has 0 atom stereocenters. The van der Waals surface area contributed by atoms with Gasteiger partial charge in [-0.3, -0.25) is 4.79 Å². The molecule has 1 rings (SSSR count). The Kier molecular flexibility index (Phi) is 3.19. The van der Waals surface area contributed by atoms with Gasteiger partial charge in [0.25, 0.3) is 0 Å². The zero-order chi connectivity index (χ0) is 10.6. The number of aliphatic hydroxyl groups excluding tert-OH is 1. The molecule has 14 heavy (non-hydrogen) atoms. The lowest BCUT2D eigenvalue weighted by Crippen LogP contribution is -2.47. The summed E-state index contributed by atoms with van der Waals surface area (Å²) in [7, 11) is 0. The van der Waals surface area contributed by atoms with Gasteiger partial charge < -0.3 is 10.4 Å². The minimum atomic E-state index is -0.600. The average molecular weight is 198 g/mol. The molecule has 1 amide bonds. The summed E-state index contributed by atoms with van der Waals surface area (Å²) in [5.74, 6) is -0.199. The second-order valence-corrected chi connectivity index (χ2v) is 3.68. The maximum atomic E-state index is 11.4. The standard InChI is InChI=1S/C8H14N4O2/c1-8(2,4-13)11-7(14)3-12-6-9-5-10-12/h5-6,13H,3-4H2,1-2H3,(H,11,14). The first-order valence-corrected chi connectivity index (χ1v) is 4.28. The van der Waals surface area contributed by atoms with E-state index in [0.717, 1.165) is 0 Å². The summed E-state index contributed by atoms with van der Waals surface area (Å²) in [5, 5.41) is 15.4. The first kappa shape index (κ1) is 10.6. The average Bonchev–Trinajstić information content (AvgIpc) is 2.55. The summed E-state index contributed by atoms with van der Waals surface area (Å²) < 4.78 is 1.42. The molecule has 0 aliphatic carbocycles. The largest absolute Gasteiger partial charge is 0.394 e. The van der Waals surface area contributed by atoms with Crippen molar-refractivity contribution < 1.29 is 9.90 Å². The molecule has 0 saturated heterocycles. The lowest BCUT2D eigenvalue weighted by atomic mass is 10.1. The topological polar surface area (TPSA) is 80.0 Å². The fourth-order valence-electron chi connectivity index (χ4n) is 0.918. The fourth-order valence-corrected chi connectivity index (χ4v) is 0.918. The van der Waals surface area contributed by atoms with E-state index in [0.29, 0.717) is 0 Å². The third kappa shape index (κ3) is 3.14. The maximum absolute atomic E-state index is 11.4. The number of carbonyl (C=O) groups is 1. The van der Waals surface area contributed by atoms with Crippen molar-refractivity contribution in [3.05, 3.63) is 12.7 Å². The predicted molar refractivity (Wildman–Crippen MR) is 49.3 cm³/mol. The number of hydrogen-bond donors (Lipinski definition) is 2.